The van der Waals surface area contributed by atoms with Crippen molar-refractivity contribution in [1.29, 1.82) is 0 Å². The number of aryl methyl sites for hydroxylation is 3. The second kappa shape index (κ2) is 9.33. The summed E-state index contributed by atoms with van der Waals surface area (Å²) < 4.78 is 5.68. The normalized spacial score (nSPS) is 13.6. The van der Waals surface area contributed by atoms with Crippen LogP contribution < -0.4 is 15.0 Å². The van der Waals surface area contributed by atoms with Crippen LogP contribution in [-0.4, -0.2) is 18.4 Å². The highest BCUT2D eigenvalue weighted by Crippen LogP contribution is 2.36. The highest BCUT2D eigenvalue weighted by Gasteiger charge is 2.40. The standard InChI is InChI=1S/C28H28N2O3/c1-5-16-33-22-13-11-21(12-14-22)25-26(29-23-15-10-18(2)17-20(23)4)28(32)30(27(25)31)24-9-7-6-8-19(24)3/h6-15,17,29H,5,16H2,1-4H3. The van der Waals surface area contributed by atoms with Gasteiger partial charge in [-0.1, -0.05) is 55.0 Å². The number of rotatable bonds is 7. The monoisotopic (exact) mass is 440 g/mol. The predicted octanol–water partition coefficient (Wildman–Crippen LogP) is 5.80. The molecule has 4 rings (SSSR count). The number of hydrogen-bond acceptors (Lipinski definition) is 4. The number of benzene rings is 3. The fourth-order valence-electron chi connectivity index (χ4n) is 3.97. The van der Waals surface area contributed by atoms with E-state index in [1.54, 1.807) is 6.07 Å². The third kappa shape index (κ3) is 4.40. The zero-order valence-electron chi connectivity index (χ0n) is 19.4. The first-order chi connectivity index (χ1) is 15.9. The molecule has 0 radical (unpaired) electrons. The van der Waals surface area contributed by atoms with Gasteiger partial charge in [0.25, 0.3) is 11.8 Å². The highest BCUT2D eigenvalue weighted by molar-refractivity contribution is 6.46. The molecule has 3 aromatic rings. The smallest absolute Gasteiger partial charge is 0.282 e. The fraction of sp³-hybridized carbons (Fsp3) is 0.214. The molecule has 5 nitrogen and oxygen atoms in total. The van der Waals surface area contributed by atoms with Gasteiger partial charge >= 0.3 is 0 Å². The van der Waals surface area contributed by atoms with Crippen LogP contribution >= 0.6 is 0 Å². The first kappa shape index (κ1) is 22.3. The Morgan fingerprint density at radius 1 is 0.848 bits per heavy atom. The number of nitrogens with one attached hydrogen (secondary N) is 1. The van der Waals surface area contributed by atoms with Crippen LogP contribution in [0.4, 0.5) is 11.4 Å². The molecular formula is C28H28N2O3. The van der Waals surface area contributed by atoms with Gasteiger partial charge in [0.05, 0.1) is 17.9 Å². The van der Waals surface area contributed by atoms with Crippen LogP contribution in [0.25, 0.3) is 5.57 Å². The summed E-state index contributed by atoms with van der Waals surface area (Å²) in [4.78, 5) is 28.5. The molecule has 3 aromatic carbocycles. The van der Waals surface area contributed by atoms with Crippen LogP contribution in [0.2, 0.25) is 0 Å². The molecule has 0 atom stereocenters. The summed E-state index contributed by atoms with van der Waals surface area (Å²) in [6.45, 7) is 8.57. The van der Waals surface area contributed by atoms with Crippen LogP contribution in [0.1, 0.15) is 35.6 Å². The minimum atomic E-state index is -0.365. The number of hydrogen-bond donors (Lipinski definition) is 1. The van der Waals surface area contributed by atoms with Gasteiger partial charge in [-0.05, 0) is 68.1 Å². The third-order valence-corrected chi connectivity index (χ3v) is 5.70. The number of para-hydroxylation sites is 1. The molecule has 0 saturated carbocycles. The van der Waals surface area contributed by atoms with Crippen LogP contribution in [0.5, 0.6) is 5.75 Å². The van der Waals surface area contributed by atoms with Crippen molar-refractivity contribution < 1.29 is 14.3 Å². The first-order valence-electron chi connectivity index (χ1n) is 11.2. The molecule has 0 spiro atoms. The summed E-state index contributed by atoms with van der Waals surface area (Å²) in [6, 6.07) is 20.7. The Hall–Kier alpha value is -3.86. The molecule has 0 aromatic heterocycles. The van der Waals surface area contributed by atoms with Crippen molar-refractivity contribution in [3.8, 4) is 5.75 Å². The summed E-state index contributed by atoms with van der Waals surface area (Å²) >= 11 is 0. The van der Waals surface area contributed by atoms with E-state index in [0.717, 1.165) is 34.5 Å². The van der Waals surface area contributed by atoms with Crippen molar-refractivity contribution in [2.75, 3.05) is 16.8 Å². The molecular weight excluding hydrogens is 412 g/mol. The minimum absolute atomic E-state index is 0.275. The lowest BCUT2D eigenvalue weighted by Crippen LogP contribution is -2.33. The van der Waals surface area contributed by atoms with Crippen molar-refractivity contribution >= 4 is 28.8 Å². The van der Waals surface area contributed by atoms with Gasteiger partial charge in [0.15, 0.2) is 0 Å². The molecule has 2 amide bonds. The van der Waals surface area contributed by atoms with Gasteiger partial charge in [0, 0.05) is 5.69 Å². The average molecular weight is 441 g/mol. The van der Waals surface area contributed by atoms with Crippen LogP contribution in [0.3, 0.4) is 0 Å². The predicted molar refractivity (Wildman–Crippen MR) is 132 cm³/mol. The molecule has 0 bridgehead atoms. The van der Waals surface area contributed by atoms with E-state index in [9.17, 15) is 9.59 Å². The van der Waals surface area contributed by atoms with Gasteiger partial charge in [0.1, 0.15) is 11.4 Å². The third-order valence-electron chi connectivity index (χ3n) is 5.70. The Bertz CT molecular complexity index is 1240. The minimum Gasteiger partial charge on any atom is -0.494 e. The highest BCUT2D eigenvalue weighted by atomic mass is 16.5. The molecule has 168 valence electrons. The largest absolute Gasteiger partial charge is 0.494 e. The number of imide groups is 1. The van der Waals surface area contributed by atoms with Gasteiger partial charge in [0.2, 0.25) is 0 Å². The Kier molecular flexibility index (Phi) is 6.31. The van der Waals surface area contributed by atoms with E-state index in [1.807, 2.05) is 88.4 Å². The Morgan fingerprint density at radius 3 is 2.24 bits per heavy atom. The molecule has 0 unspecified atom stereocenters. The molecule has 1 aliphatic rings. The molecule has 1 aliphatic heterocycles. The molecule has 0 fully saturated rings. The Morgan fingerprint density at radius 2 is 1.58 bits per heavy atom. The quantitative estimate of drug-likeness (QED) is 0.472. The number of carbonyl (C=O) groups excluding carboxylic acids is 2. The van der Waals surface area contributed by atoms with Crippen molar-refractivity contribution in [3.63, 3.8) is 0 Å². The van der Waals surface area contributed by atoms with Gasteiger partial charge in [-0.15, -0.1) is 0 Å². The van der Waals surface area contributed by atoms with E-state index in [-0.39, 0.29) is 17.5 Å². The molecule has 0 saturated heterocycles. The lowest BCUT2D eigenvalue weighted by Gasteiger charge is -2.18. The molecule has 33 heavy (non-hydrogen) atoms. The van der Waals surface area contributed by atoms with E-state index in [4.69, 9.17) is 4.74 Å². The topological polar surface area (TPSA) is 58.6 Å². The summed E-state index contributed by atoms with van der Waals surface area (Å²) in [5.41, 5.74) is 5.66. The van der Waals surface area contributed by atoms with Crippen molar-refractivity contribution in [1.82, 2.24) is 0 Å². The summed E-state index contributed by atoms with van der Waals surface area (Å²) in [6.07, 6.45) is 0.912. The average Bonchev–Trinajstić information content (AvgIpc) is 3.04. The summed E-state index contributed by atoms with van der Waals surface area (Å²) in [5.74, 6) is 0.0250. The number of nitrogens with zero attached hydrogens (tertiary/aromatic N) is 1. The molecule has 1 N–H and O–H groups in total. The number of anilines is 2. The number of amides is 2. The maximum Gasteiger partial charge on any atom is 0.282 e. The van der Waals surface area contributed by atoms with E-state index in [1.165, 1.54) is 4.90 Å². The maximum absolute atomic E-state index is 13.6. The SMILES string of the molecule is CCCOc1ccc(C2=C(Nc3ccc(C)cc3C)C(=O)N(c3ccccc3C)C2=O)cc1. The Labute approximate surface area is 194 Å². The van der Waals surface area contributed by atoms with E-state index in [0.29, 0.717) is 23.4 Å². The van der Waals surface area contributed by atoms with Gasteiger partial charge in [-0.2, -0.15) is 0 Å². The maximum atomic E-state index is 13.6. The Balaban J connectivity index is 1.80. The molecule has 0 aliphatic carbocycles. The summed E-state index contributed by atoms with van der Waals surface area (Å²) in [7, 11) is 0. The second-order valence-electron chi connectivity index (χ2n) is 8.30. The van der Waals surface area contributed by atoms with Crippen LogP contribution in [0.15, 0.2) is 72.4 Å². The zero-order chi connectivity index (χ0) is 23.5. The van der Waals surface area contributed by atoms with Gasteiger partial charge in [-0.25, -0.2) is 4.90 Å². The van der Waals surface area contributed by atoms with Gasteiger partial charge in [-0.3, -0.25) is 9.59 Å². The van der Waals surface area contributed by atoms with Crippen molar-refractivity contribution in [2.45, 2.75) is 34.1 Å². The second-order valence-corrected chi connectivity index (χ2v) is 8.30. The van der Waals surface area contributed by atoms with Crippen molar-refractivity contribution in [3.05, 3.63) is 94.7 Å². The van der Waals surface area contributed by atoms with Crippen LogP contribution in [0, 0.1) is 20.8 Å². The number of carbonyl (C=O) groups is 2. The lowest BCUT2D eigenvalue weighted by molar-refractivity contribution is -0.120. The zero-order valence-corrected chi connectivity index (χ0v) is 19.4. The summed E-state index contributed by atoms with van der Waals surface area (Å²) in [5, 5.41) is 3.27. The van der Waals surface area contributed by atoms with E-state index < -0.39 is 0 Å². The molecule has 1 heterocycles. The van der Waals surface area contributed by atoms with Crippen molar-refractivity contribution in [2.24, 2.45) is 0 Å². The number of ether oxygens (including phenoxy) is 1. The van der Waals surface area contributed by atoms with Crippen LogP contribution in [-0.2, 0) is 9.59 Å². The van der Waals surface area contributed by atoms with Gasteiger partial charge < -0.3 is 10.1 Å². The first-order valence-corrected chi connectivity index (χ1v) is 11.2. The van der Waals surface area contributed by atoms with E-state index >= 15 is 0 Å². The fourth-order valence-corrected chi connectivity index (χ4v) is 3.97. The lowest BCUT2D eigenvalue weighted by atomic mass is 10.0. The van der Waals surface area contributed by atoms with E-state index in [2.05, 4.69) is 5.32 Å². The molecule has 5 heteroatoms.